The Bertz CT molecular complexity index is 274. The SMILES string of the molecule is CC(C)N(CCC#N)C(=O)CCC1CCCC1. The number of hydrogen-bond acceptors (Lipinski definition) is 2. The van der Waals surface area contributed by atoms with Crippen LogP contribution >= 0.6 is 0 Å². The van der Waals surface area contributed by atoms with Gasteiger partial charge in [0, 0.05) is 19.0 Å². The van der Waals surface area contributed by atoms with Gasteiger partial charge in [-0.3, -0.25) is 4.79 Å². The second-order valence-electron chi connectivity index (χ2n) is 5.28. The van der Waals surface area contributed by atoms with E-state index in [1.165, 1.54) is 25.7 Å². The molecule has 0 aromatic carbocycles. The van der Waals surface area contributed by atoms with Crippen LogP contribution in [0, 0.1) is 17.2 Å². The van der Waals surface area contributed by atoms with E-state index in [0.29, 0.717) is 19.4 Å². The van der Waals surface area contributed by atoms with Crippen LogP contribution in [0.15, 0.2) is 0 Å². The average molecular weight is 236 g/mol. The Morgan fingerprint density at radius 3 is 2.59 bits per heavy atom. The summed E-state index contributed by atoms with van der Waals surface area (Å²) in [5, 5.41) is 8.59. The molecule has 1 rings (SSSR count). The summed E-state index contributed by atoms with van der Waals surface area (Å²) in [7, 11) is 0. The monoisotopic (exact) mass is 236 g/mol. The maximum Gasteiger partial charge on any atom is 0.222 e. The van der Waals surface area contributed by atoms with Crippen LogP contribution in [0.2, 0.25) is 0 Å². The topological polar surface area (TPSA) is 44.1 Å². The fraction of sp³-hybridized carbons (Fsp3) is 0.857. The molecule has 0 unspecified atom stereocenters. The van der Waals surface area contributed by atoms with Crippen LogP contribution < -0.4 is 0 Å². The van der Waals surface area contributed by atoms with Gasteiger partial charge in [-0.2, -0.15) is 5.26 Å². The predicted octanol–water partition coefficient (Wildman–Crippen LogP) is 3.11. The van der Waals surface area contributed by atoms with Gasteiger partial charge in [0.1, 0.15) is 0 Å². The van der Waals surface area contributed by atoms with Gasteiger partial charge in [-0.1, -0.05) is 25.7 Å². The number of carbonyl (C=O) groups is 1. The molecule has 1 amide bonds. The number of carbonyl (C=O) groups excluding carboxylic acids is 1. The van der Waals surface area contributed by atoms with Crippen molar-refractivity contribution < 1.29 is 4.79 Å². The Hall–Kier alpha value is -1.04. The molecule has 1 aliphatic carbocycles. The van der Waals surface area contributed by atoms with E-state index in [1.54, 1.807) is 0 Å². The first kappa shape index (κ1) is 14.0. The number of nitriles is 1. The van der Waals surface area contributed by atoms with Crippen LogP contribution in [0.1, 0.15) is 58.8 Å². The van der Waals surface area contributed by atoms with Gasteiger partial charge >= 0.3 is 0 Å². The van der Waals surface area contributed by atoms with Gasteiger partial charge in [0.2, 0.25) is 5.91 Å². The number of amides is 1. The molecule has 0 spiro atoms. The van der Waals surface area contributed by atoms with E-state index >= 15 is 0 Å². The average Bonchev–Trinajstić information content (AvgIpc) is 2.79. The minimum absolute atomic E-state index is 0.208. The van der Waals surface area contributed by atoms with Gasteiger partial charge in [-0.05, 0) is 26.2 Å². The molecule has 3 heteroatoms. The molecule has 0 saturated heterocycles. The van der Waals surface area contributed by atoms with Gasteiger partial charge in [-0.25, -0.2) is 0 Å². The first-order chi connectivity index (χ1) is 8.15. The van der Waals surface area contributed by atoms with E-state index in [9.17, 15) is 4.79 Å². The minimum atomic E-state index is 0.208. The largest absolute Gasteiger partial charge is 0.339 e. The summed E-state index contributed by atoms with van der Waals surface area (Å²) in [4.78, 5) is 13.9. The normalized spacial score (nSPS) is 16.1. The summed E-state index contributed by atoms with van der Waals surface area (Å²) in [6, 6.07) is 2.32. The van der Waals surface area contributed by atoms with Crippen molar-refractivity contribution in [3.63, 3.8) is 0 Å². The van der Waals surface area contributed by atoms with Crippen LogP contribution in [0.4, 0.5) is 0 Å². The minimum Gasteiger partial charge on any atom is -0.339 e. The highest BCUT2D eigenvalue weighted by Gasteiger charge is 2.20. The van der Waals surface area contributed by atoms with Crippen molar-refractivity contribution in [2.75, 3.05) is 6.54 Å². The zero-order valence-corrected chi connectivity index (χ0v) is 11.1. The molecular weight excluding hydrogens is 212 g/mol. The first-order valence-electron chi connectivity index (χ1n) is 6.81. The molecule has 1 saturated carbocycles. The molecular formula is C14H24N2O. The molecule has 0 aromatic rings. The zero-order chi connectivity index (χ0) is 12.7. The second-order valence-corrected chi connectivity index (χ2v) is 5.28. The first-order valence-corrected chi connectivity index (χ1v) is 6.81. The van der Waals surface area contributed by atoms with Crippen LogP contribution in [0.25, 0.3) is 0 Å². The molecule has 17 heavy (non-hydrogen) atoms. The van der Waals surface area contributed by atoms with Crippen molar-refractivity contribution in [1.82, 2.24) is 4.90 Å². The number of rotatable bonds is 6. The molecule has 0 aliphatic heterocycles. The molecule has 0 bridgehead atoms. The molecule has 0 N–H and O–H groups in total. The highest BCUT2D eigenvalue weighted by Crippen LogP contribution is 2.28. The van der Waals surface area contributed by atoms with E-state index in [2.05, 4.69) is 6.07 Å². The lowest BCUT2D eigenvalue weighted by Crippen LogP contribution is -2.37. The van der Waals surface area contributed by atoms with Crippen LogP contribution in [0.5, 0.6) is 0 Å². The van der Waals surface area contributed by atoms with Crippen LogP contribution in [-0.4, -0.2) is 23.4 Å². The molecule has 0 radical (unpaired) electrons. The van der Waals surface area contributed by atoms with Crippen molar-refractivity contribution >= 4 is 5.91 Å². The predicted molar refractivity (Wildman–Crippen MR) is 68.3 cm³/mol. The summed E-state index contributed by atoms with van der Waals surface area (Å²) in [6.45, 7) is 4.62. The molecule has 0 heterocycles. The standard InChI is InChI=1S/C14H24N2O/c1-12(2)16(11-5-10-15)14(17)9-8-13-6-3-4-7-13/h12-13H,3-9,11H2,1-2H3. The maximum absolute atomic E-state index is 12.1. The molecule has 0 atom stereocenters. The van der Waals surface area contributed by atoms with E-state index in [4.69, 9.17) is 5.26 Å². The van der Waals surface area contributed by atoms with Gasteiger partial charge in [-0.15, -0.1) is 0 Å². The maximum atomic E-state index is 12.1. The van der Waals surface area contributed by atoms with E-state index < -0.39 is 0 Å². The number of nitrogens with zero attached hydrogens (tertiary/aromatic N) is 2. The highest BCUT2D eigenvalue weighted by atomic mass is 16.2. The van der Waals surface area contributed by atoms with Gasteiger partial charge in [0.25, 0.3) is 0 Å². The van der Waals surface area contributed by atoms with Crippen molar-refractivity contribution in [3.8, 4) is 6.07 Å². The van der Waals surface area contributed by atoms with Gasteiger partial charge in [0.15, 0.2) is 0 Å². The zero-order valence-electron chi connectivity index (χ0n) is 11.1. The van der Waals surface area contributed by atoms with Crippen molar-refractivity contribution in [1.29, 1.82) is 5.26 Å². The summed E-state index contributed by atoms with van der Waals surface area (Å²) in [6.07, 6.45) is 7.40. The summed E-state index contributed by atoms with van der Waals surface area (Å²) >= 11 is 0. The third-order valence-electron chi connectivity index (χ3n) is 3.65. The lowest BCUT2D eigenvalue weighted by atomic mass is 10.0. The smallest absolute Gasteiger partial charge is 0.222 e. The van der Waals surface area contributed by atoms with Crippen LogP contribution in [-0.2, 0) is 4.79 Å². The fourth-order valence-corrected chi connectivity index (χ4v) is 2.61. The quantitative estimate of drug-likeness (QED) is 0.711. The Labute approximate surface area is 105 Å². The van der Waals surface area contributed by atoms with Crippen molar-refractivity contribution in [2.24, 2.45) is 5.92 Å². The Morgan fingerprint density at radius 2 is 2.06 bits per heavy atom. The fourth-order valence-electron chi connectivity index (χ4n) is 2.61. The van der Waals surface area contributed by atoms with Gasteiger partial charge < -0.3 is 4.90 Å². The summed E-state index contributed by atoms with van der Waals surface area (Å²) in [5.41, 5.74) is 0. The van der Waals surface area contributed by atoms with E-state index in [0.717, 1.165) is 12.3 Å². The van der Waals surface area contributed by atoms with Crippen LogP contribution in [0.3, 0.4) is 0 Å². The Balaban J connectivity index is 2.33. The van der Waals surface area contributed by atoms with Crippen molar-refractivity contribution in [2.45, 2.75) is 64.8 Å². The lowest BCUT2D eigenvalue weighted by molar-refractivity contribution is -0.133. The molecule has 3 nitrogen and oxygen atoms in total. The Morgan fingerprint density at radius 1 is 1.41 bits per heavy atom. The third-order valence-corrected chi connectivity index (χ3v) is 3.65. The molecule has 96 valence electrons. The highest BCUT2D eigenvalue weighted by molar-refractivity contribution is 5.76. The number of hydrogen-bond donors (Lipinski definition) is 0. The molecule has 1 aliphatic rings. The van der Waals surface area contributed by atoms with E-state index in [1.807, 2.05) is 18.7 Å². The Kier molecular flexibility index (Phi) is 6.04. The summed E-state index contributed by atoms with van der Waals surface area (Å²) in [5.74, 6) is 0.992. The molecule has 1 fully saturated rings. The van der Waals surface area contributed by atoms with E-state index in [-0.39, 0.29) is 11.9 Å². The van der Waals surface area contributed by atoms with Gasteiger partial charge in [0.05, 0.1) is 12.5 Å². The lowest BCUT2D eigenvalue weighted by Gasteiger charge is -2.26. The summed E-state index contributed by atoms with van der Waals surface area (Å²) < 4.78 is 0. The molecule has 0 aromatic heterocycles. The second kappa shape index (κ2) is 7.32. The third kappa shape index (κ3) is 4.77. The van der Waals surface area contributed by atoms with Crippen molar-refractivity contribution in [3.05, 3.63) is 0 Å².